The van der Waals surface area contributed by atoms with Crippen LogP contribution in [-0.4, -0.2) is 27.7 Å². The summed E-state index contributed by atoms with van der Waals surface area (Å²) < 4.78 is -0.191. The van der Waals surface area contributed by atoms with E-state index in [1.54, 1.807) is 0 Å². The van der Waals surface area contributed by atoms with E-state index in [9.17, 15) is 9.90 Å². The van der Waals surface area contributed by atoms with Crippen LogP contribution in [0.2, 0.25) is 0 Å². The van der Waals surface area contributed by atoms with E-state index >= 15 is 0 Å². The Balaban J connectivity index is 3.07. The predicted octanol–water partition coefficient (Wildman–Crippen LogP) is 4.91. The van der Waals surface area contributed by atoms with Crippen LogP contribution in [0.3, 0.4) is 0 Å². The SMILES string of the molecule is CCCC(C)(C)CC1(CC(C)(C)CCC)SCNC1C(=O)O. The minimum Gasteiger partial charge on any atom is -0.480 e. The van der Waals surface area contributed by atoms with Gasteiger partial charge in [0.2, 0.25) is 0 Å². The van der Waals surface area contributed by atoms with Crippen LogP contribution < -0.4 is 5.32 Å². The highest BCUT2D eigenvalue weighted by atomic mass is 32.2. The zero-order chi connectivity index (χ0) is 17.0. The molecule has 1 heterocycles. The first-order valence-electron chi connectivity index (χ1n) is 8.68. The molecule has 4 heteroatoms. The van der Waals surface area contributed by atoms with Crippen molar-refractivity contribution in [3.05, 3.63) is 0 Å². The Morgan fingerprint density at radius 1 is 1.14 bits per heavy atom. The van der Waals surface area contributed by atoms with E-state index in [-0.39, 0.29) is 15.6 Å². The molecule has 1 rings (SSSR count). The van der Waals surface area contributed by atoms with Gasteiger partial charge < -0.3 is 5.11 Å². The maximum atomic E-state index is 11.8. The second-order valence-electron chi connectivity index (χ2n) is 8.51. The van der Waals surface area contributed by atoms with Gasteiger partial charge in [0, 0.05) is 10.6 Å². The summed E-state index contributed by atoms with van der Waals surface area (Å²) in [5.74, 6) is 0.0612. The van der Waals surface area contributed by atoms with Crippen LogP contribution in [0.1, 0.15) is 80.1 Å². The highest BCUT2D eigenvalue weighted by molar-refractivity contribution is 8.01. The van der Waals surface area contributed by atoms with E-state index in [1.165, 1.54) is 0 Å². The van der Waals surface area contributed by atoms with Crippen molar-refractivity contribution < 1.29 is 9.90 Å². The van der Waals surface area contributed by atoms with Gasteiger partial charge in [0.15, 0.2) is 0 Å². The molecule has 22 heavy (non-hydrogen) atoms. The van der Waals surface area contributed by atoms with Crippen LogP contribution in [0.25, 0.3) is 0 Å². The Morgan fingerprint density at radius 2 is 1.59 bits per heavy atom. The Bertz CT molecular complexity index is 359. The lowest BCUT2D eigenvalue weighted by molar-refractivity contribution is -0.140. The largest absolute Gasteiger partial charge is 0.480 e. The van der Waals surface area contributed by atoms with E-state index in [0.29, 0.717) is 0 Å². The minimum atomic E-state index is -0.690. The summed E-state index contributed by atoms with van der Waals surface area (Å²) in [5.41, 5.74) is 0.369. The molecule has 1 aliphatic rings. The van der Waals surface area contributed by atoms with Crippen molar-refractivity contribution in [3.63, 3.8) is 0 Å². The van der Waals surface area contributed by atoms with Crippen molar-refractivity contribution in [1.82, 2.24) is 5.32 Å². The molecule has 0 radical (unpaired) electrons. The monoisotopic (exact) mass is 329 g/mol. The molecular weight excluding hydrogens is 294 g/mol. The summed E-state index contributed by atoms with van der Waals surface area (Å²) in [6, 6.07) is -0.426. The zero-order valence-corrected chi connectivity index (χ0v) is 16.1. The number of carboxylic acids is 1. The van der Waals surface area contributed by atoms with Gasteiger partial charge in [-0.15, -0.1) is 11.8 Å². The van der Waals surface area contributed by atoms with E-state index in [0.717, 1.165) is 44.4 Å². The van der Waals surface area contributed by atoms with E-state index < -0.39 is 12.0 Å². The van der Waals surface area contributed by atoms with Crippen LogP contribution in [-0.2, 0) is 4.79 Å². The highest BCUT2D eigenvalue weighted by Crippen LogP contribution is 2.51. The summed E-state index contributed by atoms with van der Waals surface area (Å²) in [6.45, 7) is 13.6. The summed E-state index contributed by atoms with van der Waals surface area (Å²) in [5, 5.41) is 13.0. The number of nitrogens with one attached hydrogen (secondary N) is 1. The molecule has 0 aromatic carbocycles. The van der Waals surface area contributed by atoms with Gasteiger partial charge in [-0.1, -0.05) is 54.4 Å². The fourth-order valence-electron chi connectivity index (χ4n) is 4.37. The Kier molecular flexibility index (Phi) is 6.82. The van der Waals surface area contributed by atoms with Gasteiger partial charge in [-0.05, 0) is 36.5 Å². The number of aliphatic carboxylic acids is 1. The molecule has 0 saturated carbocycles. The van der Waals surface area contributed by atoms with E-state index in [2.05, 4.69) is 46.9 Å². The number of carbonyl (C=O) groups is 1. The summed E-state index contributed by atoms with van der Waals surface area (Å²) >= 11 is 1.84. The number of hydrogen-bond acceptors (Lipinski definition) is 3. The lowest BCUT2D eigenvalue weighted by Crippen LogP contribution is -2.51. The molecule has 1 atom stereocenters. The van der Waals surface area contributed by atoms with Crippen LogP contribution in [0.5, 0.6) is 0 Å². The molecule has 1 unspecified atom stereocenters. The average molecular weight is 330 g/mol. The normalized spacial score (nSPS) is 22.0. The van der Waals surface area contributed by atoms with Crippen molar-refractivity contribution in [1.29, 1.82) is 0 Å². The topological polar surface area (TPSA) is 49.3 Å². The van der Waals surface area contributed by atoms with Gasteiger partial charge >= 0.3 is 5.97 Å². The number of hydrogen-bond donors (Lipinski definition) is 2. The molecule has 0 amide bonds. The van der Waals surface area contributed by atoms with Gasteiger partial charge in [0.1, 0.15) is 6.04 Å². The van der Waals surface area contributed by atoms with Crippen molar-refractivity contribution in [2.75, 3.05) is 5.88 Å². The molecule has 130 valence electrons. The molecule has 0 aliphatic carbocycles. The van der Waals surface area contributed by atoms with Crippen molar-refractivity contribution in [2.45, 2.75) is 90.9 Å². The maximum absolute atomic E-state index is 11.8. The van der Waals surface area contributed by atoms with E-state index in [1.807, 2.05) is 11.8 Å². The minimum absolute atomic E-state index is 0.184. The second kappa shape index (κ2) is 7.57. The summed E-state index contributed by atoms with van der Waals surface area (Å²) in [7, 11) is 0. The third kappa shape index (κ3) is 5.16. The molecule has 0 aromatic heterocycles. The van der Waals surface area contributed by atoms with Crippen LogP contribution in [0.15, 0.2) is 0 Å². The highest BCUT2D eigenvalue weighted by Gasteiger charge is 2.52. The first-order chi connectivity index (χ1) is 10.1. The molecule has 1 aliphatic heterocycles. The standard InChI is InChI=1S/C18H35NO2S/c1-7-9-16(3,4)11-18(12-17(5,6)10-8-2)14(15(20)21)19-13-22-18/h14,19H,7-13H2,1-6H3,(H,20,21). The van der Waals surface area contributed by atoms with Crippen LogP contribution in [0, 0.1) is 10.8 Å². The molecule has 3 nitrogen and oxygen atoms in total. The smallest absolute Gasteiger partial charge is 0.322 e. The Morgan fingerprint density at radius 3 is 1.95 bits per heavy atom. The van der Waals surface area contributed by atoms with Crippen molar-refractivity contribution >= 4 is 17.7 Å². The van der Waals surface area contributed by atoms with Gasteiger partial charge in [-0.2, -0.15) is 0 Å². The Labute approximate surface area is 141 Å². The van der Waals surface area contributed by atoms with Gasteiger partial charge in [-0.25, -0.2) is 0 Å². The molecule has 2 N–H and O–H groups in total. The molecule has 0 spiro atoms. The van der Waals surface area contributed by atoms with Crippen molar-refractivity contribution in [3.8, 4) is 0 Å². The molecular formula is C18H35NO2S. The first kappa shape index (κ1) is 19.8. The second-order valence-corrected chi connectivity index (χ2v) is 9.90. The third-order valence-electron chi connectivity index (χ3n) is 4.83. The van der Waals surface area contributed by atoms with Gasteiger partial charge in [0.05, 0.1) is 0 Å². The fraction of sp³-hybridized carbons (Fsp3) is 0.944. The molecule has 1 fully saturated rings. The third-order valence-corrected chi connectivity index (χ3v) is 6.24. The maximum Gasteiger partial charge on any atom is 0.322 e. The molecule has 0 aromatic rings. The number of carboxylic acid groups (broad SMARTS) is 1. The molecule has 0 bridgehead atoms. The van der Waals surface area contributed by atoms with Gasteiger partial charge in [0.25, 0.3) is 0 Å². The van der Waals surface area contributed by atoms with Gasteiger partial charge in [-0.3, -0.25) is 10.1 Å². The Hall–Kier alpha value is -0.220. The number of rotatable bonds is 9. The van der Waals surface area contributed by atoms with E-state index in [4.69, 9.17) is 0 Å². The fourth-order valence-corrected chi connectivity index (χ4v) is 6.24. The quantitative estimate of drug-likeness (QED) is 0.631. The summed E-state index contributed by atoms with van der Waals surface area (Å²) in [4.78, 5) is 11.8. The van der Waals surface area contributed by atoms with Crippen molar-refractivity contribution in [2.24, 2.45) is 10.8 Å². The van der Waals surface area contributed by atoms with Crippen LogP contribution >= 0.6 is 11.8 Å². The molecule has 1 saturated heterocycles. The average Bonchev–Trinajstić information content (AvgIpc) is 2.69. The lowest BCUT2D eigenvalue weighted by Gasteiger charge is -2.43. The first-order valence-corrected chi connectivity index (χ1v) is 9.66. The predicted molar refractivity (Wildman–Crippen MR) is 96.4 cm³/mol. The van der Waals surface area contributed by atoms with Crippen LogP contribution in [0.4, 0.5) is 0 Å². The lowest BCUT2D eigenvalue weighted by atomic mass is 9.69. The summed E-state index contributed by atoms with van der Waals surface area (Å²) in [6.07, 6.45) is 6.53. The zero-order valence-electron chi connectivity index (χ0n) is 15.3. The number of thioether (sulfide) groups is 1.